The molecule has 1 aromatic carbocycles. The van der Waals surface area contributed by atoms with Crippen molar-refractivity contribution < 1.29 is 19.0 Å². The van der Waals surface area contributed by atoms with Gasteiger partial charge in [0.25, 0.3) is 5.56 Å². The van der Waals surface area contributed by atoms with Crippen molar-refractivity contribution in [3.63, 3.8) is 0 Å². The average Bonchev–Trinajstić information content (AvgIpc) is 3.02. The van der Waals surface area contributed by atoms with Gasteiger partial charge in [-0.2, -0.15) is 0 Å². The minimum absolute atomic E-state index is 0.307. The van der Waals surface area contributed by atoms with E-state index < -0.39 is 11.9 Å². The number of hydrogen-bond acceptors (Lipinski definition) is 5. The van der Waals surface area contributed by atoms with Gasteiger partial charge in [-0.1, -0.05) is 18.2 Å². The number of hydrogen-bond donors (Lipinski definition) is 0. The molecule has 1 aromatic heterocycles. The van der Waals surface area contributed by atoms with Crippen molar-refractivity contribution in [3.05, 3.63) is 45.7 Å². The average molecular weight is 315 g/mol. The summed E-state index contributed by atoms with van der Waals surface area (Å²) in [4.78, 5) is 24.9. The van der Waals surface area contributed by atoms with Gasteiger partial charge in [0.05, 0.1) is 25.8 Å². The molecule has 0 N–H and O–H groups in total. The van der Waals surface area contributed by atoms with E-state index >= 15 is 0 Å². The van der Waals surface area contributed by atoms with Crippen LogP contribution >= 0.6 is 0 Å². The van der Waals surface area contributed by atoms with Gasteiger partial charge in [-0.05, 0) is 18.1 Å². The second-order valence-corrected chi connectivity index (χ2v) is 5.87. The maximum atomic E-state index is 12.8. The number of fused-ring (bicyclic) bond motifs is 3. The van der Waals surface area contributed by atoms with E-state index in [2.05, 4.69) is 0 Å². The summed E-state index contributed by atoms with van der Waals surface area (Å²) in [6, 6.07) is 7.37. The number of aromatic nitrogens is 1. The summed E-state index contributed by atoms with van der Waals surface area (Å²) in [6.07, 6.45) is 1.01. The second kappa shape index (κ2) is 5.18. The quantitative estimate of drug-likeness (QED) is 0.742. The molecular formula is C17H17NO5. The van der Waals surface area contributed by atoms with Gasteiger partial charge in [0, 0.05) is 23.8 Å². The van der Waals surface area contributed by atoms with Gasteiger partial charge in [0.1, 0.15) is 0 Å². The fraction of sp³-hybridized carbons (Fsp3) is 0.412. The summed E-state index contributed by atoms with van der Waals surface area (Å²) in [7, 11) is 1.28. The van der Waals surface area contributed by atoms with Crippen molar-refractivity contribution in [2.75, 3.05) is 20.3 Å². The molecule has 0 amide bonds. The zero-order chi connectivity index (χ0) is 16.0. The Labute approximate surface area is 132 Å². The van der Waals surface area contributed by atoms with Gasteiger partial charge in [-0.25, -0.2) is 9.36 Å². The SMILES string of the molecule is COC(=O)n1c(=O)c2c(c3ccccc31)CC1(CC2)OCCO1. The summed E-state index contributed by atoms with van der Waals surface area (Å²) in [5.41, 5.74) is 1.81. The third kappa shape index (κ3) is 2.09. The number of carbonyl (C=O) groups is 1. The number of nitrogens with zero attached hydrogens (tertiary/aromatic N) is 1. The van der Waals surface area contributed by atoms with E-state index in [9.17, 15) is 9.59 Å². The molecule has 0 bridgehead atoms. The Hall–Kier alpha value is -2.18. The molecule has 1 aliphatic heterocycles. The van der Waals surface area contributed by atoms with E-state index in [0.717, 1.165) is 15.5 Å². The summed E-state index contributed by atoms with van der Waals surface area (Å²) in [5, 5.41) is 0.866. The number of carbonyl (C=O) groups excluding carboxylic acids is 1. The Kier molecular flexibility index (Phi) is 3.25. The molecule has 1 fully saturated rings. The first-order chi connectivity index (χ1) is 11.2. The molecule has 2 aromatic rings. The fourth-order valence-corrected chi connectivity index (χ4v) is 3.61. The Morgan fingerprint density at radius 3 is 2.70 bits per heavy atom. The lowest BCUT2D eigenvalue weighted by Crippen LogP contribution is -2.41. The van der Waals surface area contributed by atoms with Gasteiger partial charge in [-0.15, -0.1) is 0 Å². The van der Waals surface area contributed by atoms with Crippen LogP contribution in [0, 0.1) is 0 Å². The molecule has 0 unspecified atom stereocenters. The smallest absolute Gasteiger partial charge is 0.421 e. The van der Waals surface area contributed by atoms with Crippen LogP contribution in [0.3, 0.4) is 0 Å². The molecule has 2 heterocycles. The molecule has 23 heavy (non-hydrogen) atoms. The van der Waals surface area contributed by atoms with E-state index in [1.807, 2.05) is 12.1 Å². The number of methoxy groups -OCH3 is 1. The molecule has 6 heteroatoms. The number of para-hydroxylation sites is 1. The van der Waals surface area contributed by atoms with E-state index in [-0.39, 0.29) is 5.56 Å². The van der Waals surface area contributed by atoms with Crippen molar-refractivity contribution in [2.45, 2.75) is 25.0 Å². The standard InChI is InChI=1S/C17H17NO5/c1-21-16(20)18-14-5-3-2-4-11(14)13-10-17(22-8-9-23-17)7-6-12(13)15(18)19/h2-5H,6-10H2,1H3. The van der Waals surface area contributed by atoms with Crippen molar-refractivity contribution in [1.82, 2.24) is 4.57 Å². The summed E-state index contributed by atoms with van der Waals surface area (Å²) < 4.78 is 17.5. The van der Waals surface area contributed by atoms with Crippen LogP contribution < -0.4 is 5.56 Å². The van der Waals surface area contributed by atoms with Crippen LogP contribution in [0.4, 0.5) is 4.79 Å². The van der Waals surface area contributed by atoms with Gasteiger partial charge in [0.2, 0.25) is 0 Å². The lowest BCUT2D eigenvalue weighted by atomic mass is 9.85. The molecule has 120 valence electrons. The maximum absolute atomic E-state index is 12.8. The van der Waals surface area contributed by atoms with Crippen LogP contribution in [0.1, 0.15) is 17.5 Å². The molecule has 2 aliphatic rings. The molecule has 4 rings (SSSR count). The van der Waals surface area contributed by atoms with Gasteiger partial charge < -0.3 is 14.2 Å². The van der Waals surface area contributed by atoms with E-state index in [4.69, 9.17) is 14.2 Å². The highest BCUT2D eigenvalue weighted by molar-refractivity contribution is 5.91. The molecule has 6 nitrogen and oxygen atoms in total. The normalized spacial score (nSPS) is 19.0. The lowest BCUT2D eigenvalue weighted by Gasteiger charge is -2.33. The van der Waals surface area contributed by atoms with Crippen LogP contribution in [0.5, 0.6) is 0 Å². The van der Waals surface area contributed by atoms with Gasteiger partial charge in [0.15, 0.2) is 5.79 Å². The number of benzene rings is 1. The van der Waals surface area contributed by atoms with Gasteiger partial charge >= 0.3 is 6.09 Å². The molecule has 1 aliphatic carbocycles. The van der Waals surface area contributed by atoms with Crippen LogP contribution in [-0.2, 0) is 27.1 Å². The van der Waals surface area contributed by atoms with Crippen molar-refractivity contribution in [1.29, 1.82) is 0 Å². The topological polar surface area (TPSA) is 66.8 Å². The largest absolute Gasteiger partial charge is 0.452 e. The van der Waals surface area contributed by atoms with E-state index in [1.54, 1.807) is 12.1 Å². The number of rotatable bonds is 0. The van der Waals surface area contributed by atoms with Crippen molar-refractivity contribution in [3.8, 4) is 0 Å². The fourth-order valence-electron chi connectivity index (χ4n) is 3.61. The van der Waals surface area contributed by atoms with Crippen LogP contribution in [0.2, 0.25) is 0 Å². The Morgan fingerprint density at radius 2 is 1.96 bits per heavy atom. The Morgan fingerprint density at radius 1 is 1.22 bits per heavy atom. The minimum atomic E-state index is -0.664. The first kappa shape index (κ1) is 14.4. The zero-order valence-electron chi connectivity index (χ0n) is 12.8. The minimum Gasteiger partial charge on any atom is -0.452 e. The number of pyridine rings is 1. The van der Waals surface area contributed by atoms with Gasteiger partial charge in [-0.3, -0.25) is 4.79 Å². The molecule has 1 spiro atoms. The van der Waals surface area contributed by atoms with Crippen molar-refractivity contribution >= 4 is 17.0 Å². The third-order valence-corrected chi connectivity index (χ3v) is 4.67. The molecule has 1 saturated heterocycles. The first-order valence-corrected chi connectivity index (χ1v) is 7.67. The van der Waals surface area contributed by atoms with Crippen LogP contribution in [0.25, 0.3) is 10.9 Å². The third-order valence-electron chi connectivity index (χ3n) is 4.67. The molecule has 0 atom stereocenters. The highest BCUT2D eigenvalue weighted by atomic mass is 16.7. The summed E-state index contributed by atoms with van der Waals surface area (Å²) in [6.45, 7) is 1.15. The van der Waals surface area contributed by atoms with Crippen molar-refractivity contribution in [2.24, 2.45) is 0 Å². The monoisotopic (exact) mass is 315 g/mol. The molecule has 0 saturated carbocycles. The predicted molar refractivity (Wildman–Crippen MR) is 82.7 cm³/mol. The Balaban J connectivity index is 1.99. The second-order valence-electron chi connectivity index (χ2n) is 5.87. The first-order valence-electron chi connectivity index (χ1n) is 7.67. The maximum Gasteiger partial charge on any atom is 0.421 e. The molecule has 0 radical (unpaired) electrons. The number of ether oxygens (including phenoxy) is 3. The zero-order valence-corrected chi connectivity index (χ0v) is 12.8. The Bertz CT molecular complexity index is 848. The summed E-state index contributed by atoms with van der Waals surface area (Å²) in [5.74, 6) is -0.625. The van der Waals surface area contributed by atoms with Crippen LogP contribution in [-0.4, -0.2) is 36.8 Å². The lowest BCUT2D eigenvalue weighted by molar-refractivity contribution is -0.163. The van der Waals surface area contributed by atoms with E-state index in [1.165, 1.54) is 7.11 Å². The molecular weight excluding hydrogens is 298 g/mol. The highest BCUT2D eigenvalue weighted by Gasteiger charge is 2.41. The van der Waals surface area contributed by atoms with E-state index in [0.29, 0.717) is 43.6 Å². The van der Waals surface area contributed by atoms with Crippen LogP contribution in [0.15, 0.2) is 29.1 Å². The predicted octanol–water partition coefficient (Wildman–Crippen LogP) is 1.85. The highest BCUT2D eigenvalue weighted by Crippen LogP contribution is 2.37. The summed E-state index contributed by atoms with van der Waals surface area (Å²) >= 11 is 0.